The van der Waals surface area contributed by atoms with Crippen LogP contribution in [0.2, 0.25) is 0 Å². The fourth-order valence-corrected chi connectivity index (χ4v) is 4.17. The molecular formula is C34H36N4O4. The number of benzene rings is 4. The number of nitrogens with zero attached hydrogens (tertiary/aromatic N) is 3. The predicted octanol–water partition coefficient (Wildman–Crippen LogP) is 6.91. The second-order valence-electron chi connectivity index (χ2n) is 10.6. The molecule has 8 nitrogen and oxygen atoms in total. The Labute approximate surface area is 246 Å². The SMILES string of the molecule is CC(O)COc1ccc(C(C)(C)c2ccc(OCC(O)CNc3ccc(N=Nc4ccc(C#N)cc4)cc3)cc2)cc1. The van der Waals surface area contributed by atoms with Crippen LogP contribution in [0.5, 0.6) is 11.5 Å². The molecule has 0 saturated carbocycles. The first-order valence-electron chi connectivity index (χ1n) is 13.8. The van der Waals surface area contributed by atoms with Crippen molar-refractivity contribution in [3.63, 3.8) is 0 Å². The van der Waals surface area contributed by atoms with Crippen molar-refractivity contribution in [2.75, 3.05) is 25.1 Å². The summed E-state index contributed by atoms with van der Waals surface area (Å²) in [5.74, 6) is 1.42. The van der Waals surface area contributed by atoms with Crippen LogP contribution in [-0.4, -0.2) is 42.2 Å². The van der Waals surface area contributed by atoms with Gasteiger partial charge < -0.3 is 25.0 Å². The van der Waals surface area contributed by atoms with Crippen molar-refractivity contribution in [1.82, 2.24) is 0 Å². The Morgan fingerprint density at radius 2 is 1.21 bits per heavy atom. The van der Waals surface area contributed by atoms with E-state index in [-0.39, 0.29) is 18.6 Å². The summed E-state index contributed by atoms with van der Waals surface area (Å²) < 4.78 is 11.4. The van der Waals surface area contributed by atoms with Crippen molar-refractivity contribution < 1.29 is 19.7 Å². The molecule has 2 atom stereocenters. The Hall–Kier alpha value is -4.71. The zero-order valence-electron chi connectivity index (χ0n) is 24.1. The van der Waals surface area contributed by atoms with Gasteiger partial charge in [0.1, 0.15) is 30.8 Å². The van der Waals surface area contributed by atoms with Crippen LogP contribution in [0.15, 0.2) is 107 Å². The van der Waals surface area contributed by atoms with Crippen molar-refractivity contribution in [2.45, 2.75) is 38.4 Å². The van der Waals surface area contributed by atoms with Crippen LogP contribution >= 0.6 is 0 Å². The molecule has 0 amide bonds. The standard InChI is InChI=1S/C34H36N4O4/c1-24(39)22-41-32-16-6-26(7-17-32)34(2,3)27-8-18-33(19-9-27)42-23-31(40)21-36-28-12-14-30(15-13-28)38-37-29-10-4-25(20-35)5-11-29/h4-19,24,31,36,39-40H,21-23H2,1-3H3. The molecule has 4 rings (SSSR count). The number of hydrogen-bond donors (Lipinski definition) is 3. The van der Waals surface area contributed by atoms with Gasteiger partial charge in [0.25, 0.3) is 0 Å². The minimum Gasteiger partial charge on any atom is -0.491 e. The molecule has 2 unspecified atom stereocenters. The van der Waals surface area contributed by atoms with E-state index in [0.29, 0.717) is 29.2 Å². The maximum Gasteiger partial charge on any atom is 0.119 e. The van der Waals surface area contributed by atoms with E-state index in [2.05, 4.69) is 35.5 Å². The van der Waals surface area contributed by atoms with E-state index >= 15 is 0 Å². The predicted molar refractivity (Wildman–Crippen MR) is 164 cm³/mol. The van der Waals surface area contributed by atoms with Crippen LogP contribution in [0.1, 0.15) is 37.5 Å². The van der Waals surface area contributed by atoms with Gasteiger partial charge in [-0.2, -0.15) is 15.5 Å². The number of aliphatic hydroxyl groups is 2. The number of ether oxygens (including phenoxy) is 2. The molecule has 0 fully saturated rings. The molecule has 216 valence electrons. The smallest absolute Gasteiger partial charge is 0.119 e. The average Bonchev–Trinajstić information content (AvgIpc) is 3.02. The summed E-state index contributed by atoms with van der Waals surface area (Å²) >= 11 is 0. The minimum atomic E-state index is -0.702. The van der Waals surface area contributed by atoms with E-state index in [1.807, 2.05) is 72.8 Å². The van der Waals surface area contributed by atoms with E-state index in [0.717, 1.165) is 22.6 Å². The summed E-state index contributed by atoms with van der Waals surface area (Å²) in [6.45, 7) is 6.76. The van der Waals surface area contributed by atoms with Gasteiger partial charge in [-0.25, -0.2) is 0 Å². The zero-order valence-corrected chi connectivity index (χ0v) is 24.1. The van der Waals surface area contributed by atoms with Crippen LogP contribution in [0, 0.1) is 11.3 Å². The molecule has 0 aliphatic rings. The first-order chi connectivity index (χ1) is 20.2. The van der Waals surface area contributed by atoms with Gasteiger partial charge in [-0.1, -0.05) is 38.1 Å². The highest BCUT2D eigenvalue weighted by atomic mass is 16.5. The van der Waals surface area contributed by atoms with Gasteiger partial charge in [-0.15, -0.1) is 0 Å². The van der Waals surface area contributed by atoms with E-state index in [4.69, 9.17) is 14.7 Å². The molecule has 42 heavy (non-hydrogen) atoms. The van der Waals surface area contributed by atoms with E-state index in [9.17, 15) is 10.2 Å². The topological polar surface area (TPSA) is 119 Å². The van der Waals surface area contributed by atoms with Gasteiger partial charge >= 0.3 is 0 Å². The summed E-state index contributed by atoms with van der Waals surface area (Å²) in [6, 6.07) is 32.2. The molecule has 0 spiro atoms. The number of nitriles is 1. The van der Waals surface area contributed by atoms with Crippen molar-refractivity contribution in [2.24, 2.45) is 10.2 Å². The lowest BCUT2D eigenvalue weighted by Crippen LogP contribution is -2.26. The average molecular weight is 565 g/mol. The lowest BCUT2D eigenvalue weighted by Gasteiger charge is -2.26. The molecule has 0 saturated heterocycles. The van der Waals surface area contributed by atoms with Gasteiger partial charge in [0.15, 0.2) is 0 Å². The van der Waals surface area contributed by atoms with Crippen LogP contribution in [0.4, 0.5) is 17.1 Å². The number of aliphatic hydroxyl groups excluding tert-OH is 2. The van der Waals surface area contributed by atoms with E-state index in [1.165, 1.54) is 0 Å². The van der Waals surface area contributed by atoms with Crippen molar-refractivity contribution >= 4 is 17.1 Å². The molecule has 4 aromatic carbocycles. The Morgan fingerprint density at radius 1 is 0.738 bits per heavy atom. The maximum atomic E-state index is 10.4. The van der Waals surface area contributed by atoms with E-state index < -0.39 is 12.2 Å². The fourth-order valence-electron chi connectivity index (χ4n) is 4.17. The quantitative estimate of drug-likeness (QED) is 0.152. The van der Waals surface area contributed by atoms with Gasteiger partial charge in [0.05, 0.1) is 29.1 Å². The van der Waals surface area contributed by atoms with Gasteiger partial charge in [-0.05, 0) is 90.8 Å². The summed E-state index contributed by atoms with van der Waals surface area (Å²) in [5.41, 5.74) is 4.84. The van der Waals surface area contributed by atoms with E-state index in [1.54, 1.807) is 31.2 Å². The first kappa shape index (κ1) is 30.3. The Kier molecular flexibility index (Phi) is 10.3. The number of nitrogens with one attached hydrogen (secondary N) is 1. The second kappa shape index (κ2) is 14.3. The number of anilines is 1. The summed E-state index contributed by atoms with van der Waals surface area (Å²) in [5, 5.41) is 40.3. The van der Waals surface area contributed by atoms with Crippen LogP contribution in [0.3, 0.4) is 0 Å². The van der Waals surface area contributed by atoms with Gasteiger partial charge in [0, 0.05) is 17.6 Å². The van der Waals surface area contributed by atoms with Gasteiger partial charge in [-0.3, -0.25) is 0 Å². The molecular weight excluding hydrogens is 528 g/mol. The lowest BCUT2D eigenvalue weighted by molar-refractivity contribution is 0.117. The highest BCUT2D eigenvalue weighted by Crippen LogP contribution is 2.33. The monoisotopic (exact) mass is 564 g/mol. The molecule has 0 radical (unpaired) electrons. The highest BCUT2D eigenvalue weighted by Gasteiger charge is 2.23. The maximum absolute atomic E-state index is 10.4. The highest BCUT2D eigenvalue weighted by molar-refractivity contribution is 5.51. The van der Waals surface area contributed by atoms with Crippen molar-refractivity contribution in [3.8, 4) is 17.6 Å². The molecule has 0 aliphatic heterocycles. The number of rotatable bonds is 13. The van der Waals surface area contributed by atoms with Crippen LogP contribution in [0.25, 0.3) is 0 Å². The first-order valence-corrected chi connectivity index (χ1v) is 13.8. The second-order valence-corrected chi connectivity index (χ2v) is 10.6. The summed E-state index contributed by atoms with van der Waals surface area (Å²) in [7, 11) is 0. The minimum absolute atomic E-state index is 0.153. The fraction of sp³-hybridized carbons (Fsp3) is 0.265. The molecule has 0 aromatic heterocycles. The molecule has 4 aromatic rings. The molecule has 8 heteroatoms. The third-order valence-electron chi connectivity index (χ3n) is 6.77. The number of azo groups is 1. The molecule has 0 bridgehead atoms. The Morgan fingerprint density at radius 3 is 1.69 bits per heavy atom. The third-order valence-corrected chi connectivity index (χ3v) is 6.77. The number of hydrogen-bond acceptors (Lipinski definition) is 8. The Bertz CT molecular complexity index is 1480. The molecule has 3 N–H and O–H groups in total. The summed E-state index contributed by atoms with van der Waals surface area (Å²) in [6.07, 6.45) is -1.21. The van der Waals surface area contributed by atoms with Crippen LogP contribution in [-0.2, 0) is 5.41 Å². The molecule has 0 heterocycles. The van der Waals surface area contributed by atoms with Crippen LogP contribution < -0.4 is 14.8 Å². The van der Waals surface area contributed by atoms with Gasteiger partial charge in [0.2, 0.25) is 0 Å². The largest absolute Gasteiger partial charge is 0.491 e. The zero-order chi connectivity index (χ0) is 30.0. The lowest BCUT2D eigenvalue weighted by atomic mass is 9.78. The Balaban J connectivity index is 1.23. The molecule has 0 aliphatic carbocycles. The normalized spacial score (nSPS) is 12.9. The summed E-state index contributed by atoms with van der Waals surface area (Å²) in [4.78, 5) is 0. The van der Waals surface area contributed by atoms with Crippen molar-refractivity contribution in [3.05, 3.63) is 114 Å². The third kappa shape index (κ3) is 8.64. The van der Waals surface area contributed by atoms with Crippen molar-refractivity contribution in [1.29, 1.82) is 5.26 Å².